The molecule has 1 amide bonds. The summed E-state index contributed by atoms with van der Waals surface area (Å²) in [5.74, 6) is 0.190. The molecule has 1 saturated heterocycles. The number of piperidine rings is 1. The van der Waals surface area contributed by atoms with Crippen LogP contribution in [0.15, 0.2) is 17.5 Å². The second-order valence-corrected chi connectivity index (χ2v) is 8.76. The summed E-state index contributed by atoms with van der Waals surface area (Å²) in [5.41, 5.74) is 0. The molecule has 0 spiro atoms. The van der Waals surface area contributed by atoms with Gasteiger partial charge in [0.1, 0.15) is 0 Å². The molecule has 1 fully saturated rings. The maximum Gasteiger partial charge on any atom is 0.223 e. The van der Waals surface area contributed by atoms with Crippen LogP contribution in [0.5, 0.6) is 0 Å². The second kappa shape index (κ2) is 8.08. The van der Waals surface area contributed by atoms with Crippen LogP contribution in [0.25, 0.3) is 0 Å². The van der Waals surface area contributed by atoms with Crippen molar-refractivity contribution in [2.45, 2.75) is 39.2 Å². The summed E-state index contributed by atoms with van der Waals surface area (Å²) in [5, 5.41) is 4.93. The third kappa shape index (κ3) is 4.79. The highest BCUT2D eigenvalue weighted by Gasteiger charge is 2.30. The van der Waals surface area contributed by atoms with Crippen LogP contribution in [0.4, 0.5) is 0 Å². The van der Waals surface area contributed by atoms with Gasteiger partial charge in [0.2, 0.25) is 15.9 Å². The highest BCUT2D eigenvalue weighted by molar-refractivity contribution is 7.89. The number of sulfonamides is 1. The quantitative estimate of drug-likeness (QED) is 0.825. The molecule has 0 unspecified atom stereocenters. The molecule has 1 aromatic heterocycles. The fourth-order valence-electron chi connectivity index (χ4n) is 2.58. The molecule has 2 heterocycles. The minimum atomic E-state index is -3.14. The van der Waals surface area contributed by atoms with Crippen molar-refractivity contribution in [1.29, 1.82) is 0 Å². The van der Waals surface area contributed by atoms with E-state index in [4.69, 9.17) is 0 Å². The third-order valence-electron chi connectivity index (χ3n) is 3.99. The predicted molar refractivity (Wildman–Crippen MR) is 89.2 cm³/mol. The van der Waals surface area contributed by atoms with E-state index in [1.165, 1.54) is 0 Å². The first-order chi connectivity index (χ1) is 10.5. The zero-order valence-electron chi connectivity index (χ0n) is 13.0. The largest absolute Gasteiger partial charge is 0.351 e. The van der Waals surface area contributed by atoms with E-state index in [1.54, 1.807) is 15.6 Å². The lowest BCUT2D eigenvalue weighted by molar-refractivity contribution is -0.126. The number of hydrogen-bond acceptors (Lipinski definition) is 4. The van der Waals surface area contributed by atoms with E-state index < -0.39 is 10.0 Å². The number of carbonyl (C=O) groups is 1. The standard InChI is InChI=1S/C15H24N2O3S2/c1-2-3-11-22(19,20)17-8-6-13(7-9-17)15(18)16-12-14-5-4-10-21-14/h4-5,10,13H,2-3,6-9,11-12H2,1H3,(H,16,18). The summed E-state index contributed by atoms with van der Waals surface area (Å²) in [6.45, 7) is 3.47. The highest BCUT2D eigenvalue weighted by atomic mass is 32.2. The van der Waals surface area contributed by atoms with Gasteiger partial charge in [0.25, 0.3) is 0 Å². The number of hydrogen-bond donors (Lipinski definition) is 1. The van der Waals surface area contributed by atoms with E-state index in [2.05, 4.69) is 5.32 Å². The van der Waals surface area contributed by atoms with Crippen molar-refractivity contribution in [3.8, 4) is 0 Å². The number of unbranched alkanes of at least 4 members (excludes halogenated alkanes) is 1. The van der Waals surface area contributed by atoms with Crippen molar-refractivity contribution in [3.63, 3.8) is 0 Å². The molecule has 2 rings (SSSR count). The summed E-state index contributed by atoms with van der Waals surface area (Å²) < 4.78 is 25.8. The Balaban J connectivity index is 1.77. The summed E-state index contributed by atoms with van der Waals surface area (Å²) in [6.07, 6.45) is 2.80. The van der Waals surface area contributed by atoms with Crippen LogP contribution in [0.2, 0.25) is 0 Å². The molecular formula is C15H24N2O3S2. The van der Waals surface area contributed by atoms with E-state index >= 15 is 0 Å². The van der Waals surface area contributed by atoms with Crippen LogP contribution in [-0.2, 0) is 21.4 Å². The molecule has 1 aromatic rings. The van der Waals surface area contributed by atoms with Crippen molar-refractivity contribution < 1.29 is 13.2 Å². The normalized spacial score (nSPS) is 17.5. The van der Waals surface area contributed by atoms with Crippen molar-refractivity contribution >= 4 is 27.3 Å². The number of carbonyl (C=O) groups excluding carboxylic acids is 1. The predicted octanol–water partition coefficient (Wildman–Crippen LogP) is 2.21. The Bertz CT molecular complexity index is 562. The zero-order valence-corrected chi connectivity index (χ0v) is 14.6. The van der Waals surface area contributed by atoms with E-state index in [0.717, 1.165) is 11.3 Å². The fraction of sp³-hybridized carbons (Fsp3) is 0.667. The van der Waals surface area contributed by atoms with Crippen LogP contribution in [0, 0.1) is 5.92 Å². The summed E-state index contributed by atoms with van der Waals surface area (Å²) in [4.78, 5) is 13.3. The van der Waals surface area contributed by atoms with Crippen molar-refractivity contribution in [2.24, 2.45) is 5.92 Å². The molecular weight excluding hydrogens is 320 g/mol. The first-order valence-corrected chi connectivity index (χ1v) is 10.3. The van der Waals surface area contributed by atoms with Gasteiger partial charge < -0.3 is 5.32 Å². The van der Waals surface area contributed by atoms with Crippen LogP contribution in [0.3, 0.4) is 0 Å². The van der Waals surface area contributed by atoms with Crippen molar-refractivity contribution in [3.05, 3.63) is 22.4 Å². The lowest BCUT2D eigenvalue weighted by Gasteiger charge is -2.30. The number of nitrogens with one attached hydrogen (secondary N) is 1. The Morgan fingerprint density at radius 3 is 2.73 bits per heavy atom. The zero-order chi connectivity index (χ0) is 16.0. The topological polar surface area (TPSA) is 66.5 Å². The summed E-state index contributed by atoms with van der Waals surface area (Å²) >= 11 is 1.62. The third-order valence-corrected chi connectivity index (χ3v) is 6.82. The molecule has 0 aromatic carbocycles. The van der Waals surface area contributed by atoms with Crippen LogP contribution < -0.4 is 5.32 Å². The van der Waals surface area contributed by atoms with E-state index in [1.807, 2.05) is 24.4 Å². The average Bonchev–Trinajstić information content (AvgIpc) is 3.04. The minimum absolute atomic E-state index is 0.0407. The van der Waals surface area contributed by atoms with Gasteiger partial charge in [-0.2, -0.15) is 0 Å². The molecule has 0 aliphatic carbocycles. The number of nitrogens with zero attached hydrogens (tertiary/aromatic N) is 1. The fourth-order valence-corrected chi connectivity index (χ4v) is 4.91. The van der Waals surface area contributed by atoms with Gasteiger partial charge in [0, 0.05) is 23.9 Å². The van der Waals surface area contributed by atoms with Gasteiger partial charge in [-0.3, -0.25) is 4.79 Å². The number of thiophene rings is 1. The first-order valence-electron chi connectivity index (χ1n) is 7.81. The Morgan fingerprint density at radius 2 is 2.14 bits per heavy atom. The summed E-state index contributed by atoms with van der Waals surface area (Å²) in [6, 6.07) is 3.96. The minimum Gasteiger partial charge on any atom is -0.351 e. The number of rotatable bonds is 7. The van der Waals surface area contributed by atoms with Gasteiger partial charge in [-0.05, 0) is 30.7 Å². The Kier molecular flexibility index (Phi) is 6.40. The Labute approximate surface area is 136 Å². The molecule has 7 heteroatoms. The lowest BCUT2D eigenvalue weighted by atomic mass is 9.97. The molecule has 1 N–H and O–H groups in total. The highest BCUT2D eigenvalue weighted by Crippen LogP contribution is 2.21. The monoisotopic (exact) mass is 344 g/mol. The second-order valence-electron chi connectivity index (χ2n) is 5.64. The lowest BCUT2D eigenvalue weighted by Crippen LogP contribution is -2.43. The maximum atomic E-state index is 12.1. The van der Waals surface area contributed by atoms with Gasteiger partial charge in [0.15, 0.2) is 0 Å². The van der Waals surface area contributed by atoms with Crippen LogP contribution >= 0.6 is 11.3 Å². The average molecular weight is 345 g/mol. The number of amides is 1. The molecule has 0 radical (unpaired) electrons. The summed E-state index contributed by atoms with van der Waals surface area (Å²) in [7, 11) is -3.14. The smallest absolute Gasteiger partial charge is 0.223 e. The van der Waals surface area contributed by atoms with Crippen molar-refractivity contribution in [1.82, 2.24) is 9.62 Å². The molecule has 0 atom stereocenters. The van der Waals surface area contributed by atoms with Crippen LogP contribution in [0.1, 0.15) is 37.5 Å². The van der Waals surface area contributed by atoms with Gasteiger partial charge in [-0.25, -0.2) is 12.7 Å². The molecule has 1 aliphatic rings. The van der Waals surface area contributed by atoms with Crippen LogP contribution in [-0.4, -0.2) is 37.5 Å². The molecule has 124 valence electrons. The molecule has 0 bridgehead atoms. The first kappa shape index (κ1) is 17.4. The van der Waals surface area contributed by atoms with Gasteiger partial charge in [-0.1, -0.05) is 19.4 Å². The molecule has 5 nitrogen and oxygen atoms in total. The van der Waals surface area contributed by atoms with E-state index in [9.17, 15) is 13.2 Å². The van der Waals surface area contributed by atoms with E-state index in [0.29, 0.717) is 38.9 Å². The van der Waals surface area contributed by atoms with Gasteiger partial charge in [0.05, 0.1) is 12.3 Å². The molecule has 22 heavy (non-hydrogen) atoms. The van der Waals surface area contributed by atoms with Gasteiger partial charge in [-0.15, -0.1) is 11.3 Å². The molecule has 1 aliphatic heterocycles. The molecule has 0 saturated carbocycles. The Morgan fingerprint density at radius 1 is 1.41 bits per heavy atom. The van der Waals surface area contributed by atoms with Gasteiger partial charge >= 0.3 is 0 Å². The Hall–Kier alpha value is -0.920. The van der Waals surface area contributed by atoms with E-state index in [-0.39, 0.29) is 17.6 Å². The SMILES string of the molecule is CCCCS(=O)(=O)N1CCC(C(=O)NCc2cccs2)CC1. The van der Waals surface area contributed by atoms with Crippen molar-refractivity contribution in [2.75, 3.05) is 18.8 Å². The maximum absolute atomic E-state index is 12.1.